The molecule has 0 amide bonds. The van der Waals surface area contributed by atoms with Crippen molar-refractivity contribution in [3.05, 3.63) is 0 Å². The number of rotatable bonds is 6. The third-order valence-corrected chi connectivity index (χ3v) is 2.63. The first kappa shape index (κ1) is 12.5. The number of unbranched alkanes of at least 4 members (excludes halogenated alkanes) is 1. The van der Waals surface area contributed by atoms with Crippen LogP contribution in [0, 0.1) is 18.3 Å². The Morgan fingerprint density at radius 2 is 1.92 bits per heavy atom. The van der Waals surface area contributed by atoms with E-state index in [4.69, 9.17) is 6.42 Å². The average molecular weight is 181 g/mol. The van der Waals surface area contributed by atoms with E-state index in [-0.39, 0.29) is 0 Å². The molecule has 0 N–H and O–H groups in total. The molecule has 0 radical (unpaired) electrons. The molecule has 13 heavy (non-hydrogen) atoms. The standard InChI is InChI=1S/C12H23N/c1-6-9-10-11(7-2)12(8-3)13(4)5/h3,11-12H,6-7,9-10H2,1-2,4-5H3. The third-order valence-electron chi connectivity index (χ3n) is 2.63. The summed E-state index contributed by atoms with van der Waals surface area (Å²) in [5.74, 6) is 3.55. The quantitative estimate of drug-likeness (QED) is 0.570. The monoisotopic (exact) mass is 181 g/mol. The van der Waals surface area contributed by atoms with E-state index in [0.29, 0.717) is 12.0 Å². The summed E-state index contributed by atoms with van der Waals surface area (Å²) in [6.45, 7) is 4.46. The molecule has 0 saturated carbocycles. The van der Waals surface area contributed by atoms with Crippen molar-refractivity contribution in [3.8, 4) is 12.3 Å². The molecule has 0 heterocycles. The van der Waals surface area contributed by atoms with E-state index in [9.17, 15) is 0 Å². The molecule has 76 valence electrons. The van der Waals surface area contributed by atoms with Crippen molar-refractivity contribution in [2.24, 2.45) is 5.92 Å². The lowest BCUT2D eigenvalue weighted by molar-refractivity contribution is 0.243. The fourth-order valence-corrected chi connectivity index (χ4v) is 1.76. The molecular formula is C12H23N. The lowest BCUT2D eigenvalue weighted by Gasteiger charge is -2.27. The molecule has 0 aromatic heterocycles. The molecule has 2 atom stereocenters. The molecular weight excluding hydrogens is 158 g/mol. The molecule has 0 aliphatic rings. The minimum atomic E-state index is 0.316. The average Bonchev–Trinajstić information content (AvgIpc) is 2.11. The largest absolute Gasteiger partial charge is 0.296 e. The van der Waals surface area contributed by atoms with Gasteiger partial charge in [0.05, 0.1) is 6.04 Å². The predicted octanol–water partition coefficient (Wildman–Crippen LogP) is 2.77. The van der Waals surface area contributed by atoms with Crippen LogP contribution >= 0.6 is 0 Å². The molecule has 0 spiro atoms. The van der Waals surface area contributed by atoms with Gasteiger partial charge in [-0.1, -0.05) is 39.0 Å². The highest BCUT2D eigenvalue weighted by Gasteiger charge is 2.18. The summed E-state index contributed by atoms with van der Waals surface area (Å²) in [5.41, 5.74) is 0. The van der Waals surface area contributed by atoms with Gasteiger partial charge in [-0.25, -0.2) is 0 Å². The van der Waals surface area contributed by atoms with Crippen LogP contribution in [0.2, 0.25) is 0 Å². The van der Waals surface area contributed by atoms with Crippen LogP contribution in [0.25, 0.3) is 0 Å². The molecule has 0 bridgehead atoms. The van der Waals surface area contributed by atoms with Crippen LogP contribution < -0.4 is 0 Å². The second-order valence-corrected chi connectivity index (χ2v) is 3.89. The predicted molar refractivity (Wildman–Crippen MR) is 59.6 cm³/mol. The third kappa shape index (κ3) is 4.33. The summed E-state index contributed by atoms with van der Waals surface area (Å²) in [4.78, 5) is 2.16. The number of nitrogens with zero attached hydrogens (tertiary/aromatic N) is 1. The van der Waals surface area contributed by atoms with Gasteiger partial charge in [-0.3, -0.25) is 4.90 Å². The van der Waals surface area contributed by atoms with Crippen LogP contribution in [0.1, 0.15) is 39.5 Å². The van der Waals surface area contributed by atoms with E-state index in [1.807, 2.05) is 0 Å². The highest BCUT2D eigenvalue weighted by atomic mass is 15.1. The highest BCUT2D eigenvalue weighted by molar-refractivity contribution is 5.01. The molecule has 0 rings (SSSR count). The Hall–Kier alpha value is -0.480. The molecule has 1 heteroatoms. The van der Waals surface area contributed by atoms with Crippen molar-refractivity contribution in [2.45, 2.75) is 45.6 Å². The second-order valence-electron chi connectivity index (χ2n) is 3.89. The fourth-order valence-electron chi connectivity index (χ4n) is 1.76. The Balaban J connectivity index is 4.11. The van der Waals surface area contributed by atoms with E-state index in [0.717, 1.165) is 0 Å². The number of hydrogen-bond donors (Lipinski definition) is 0. The first-order chi connectivity index (χ1) is 6.17. The van der Waals surface area contributed by atoms with Gasteiger partial charge in [0.1, 0.15) is 0 Å². The summed E-state index contributed by atoms with van der Waals surface area (Å²) in [6.07, 6.45) is 10.5. The summed E-state index contributed by atoms with van der Waals surface area (Å²) in [5, 5.41) is 0. The Bertz CT molecular complexity index is 155. The van der Waals surface area contributed by atoms with E-state index >= 15 is 0 Å². The van der Waals surface area contributed by atoms with E-state index < -0.39 is 0 Å². The molecule has 2 unspecified atom stereocenters. The Morgan fingerprint density at radius 1 is 1.31 bits per heavy atom. The van der Waals surface area contributed by atoms with Crippen molar-refractivity contribution in [2.75, 3.05) is 14.1 Å². The van der Waals surface area contributed by atoms with Gasteiger partial charge < -0.3 is 0 Å². The van der Waals surface area contributed by atoms with Gasteiger partial charge in [0, 0.05) is 0 Å². The lowest BCUT2D eigenvalue weighted by atomic mass is 9.91. The number of terminal acetylenes is 1. The Labute approximate surface area is 83.5 Å². The number of hydrogen-bond acceptors (Lipinski definition) is 1. The second kappa shape index (κ2) is 6.97. The van der Waals surface area contributed by atoms with Crippen molar-refractivity contribution in [1.29, 1.82) is 0 Å². The van der Waals surface area contributed by atoms with Crippen LogP contribution in [-0.2, 0) is 0 Å². The minimum absolute atomic E-state index is 0.316. The SMILES string of the molecule is C#CC(C(CC)CCCC)N(C)C. The van der Waals surface area contributed by atoms with E-state index in [1.54, 1.807) is 0 Å². The minimum Gasteiger partial charge on any atom is -0.296 e. The van der Waals surface area contributed by atoms with Gasteiger partial charge in [-0.05, 0) is 26.4 Å². The van der Waals surface area contributed by atoms with Crippen LogP contribution in [0.3, 0.4) is 0 Å². The smallest absolute Gasteiger partial charge is 0.0735 e. The zero-order valence-corrected chi connectivity index (χ0v) is 9.51. The van der Waals surface area contributed by atoms with Gasteiger partial charge in [-0.2, -0.15) is 0 Å². The van der Waals surface area contributed by atoms with E-state index in [2.05, 4.69) is 38.8 Å². The van der Waals surface area contributed by atoms with Crippen LogP contribution in [0.4, 0.5) is 0 Å². The zero-order valence-electron chi connectivity index (χ0n) is 9.51. The van der Waals surface area contributed by atoms with Crippen LogP contribution in [-0.4, -0.2) is 25.0 Å². The maximum Gasteiger partial charge on any atom is 0.0735 e. The van der Waals surface area contributed by atoms with Gasteiger partial charge in [0.25, 0.3) is 0 Å². The molecule has 0 fully saturated rings. The molecule has 0 aliphatic carbocycles. The maximum atomic E-state index is 5.53. The summed E-state index contributed by atoms with van der Waals surface area (Å²) in [6, 6.07) is 0.316. The van der Waals surface area contributed by atoms with Crippen molar-refractivity contribution < 1.29 is 0 Å². The van der Waals surface area contributed by atoms with Gasteiger partial charge in [0.15, 0.2) is 0 Å². The normalized spacial score (nSPS) is 15.4. The van der Waals surface area contributed by atoms with Crippen molar-refractivity contribution in [1.82, 2.24) is 4.90 Å². The first-order valence-corrected chi connectivity index (χ1v) is 5.29. The molecule has 0 aromatic rings. The van der Waals surface area contributed by atoms with Crippen LogP contribution in [0.5, 0.6) is 0 Å². The fraction of sp³-hybridized carbons (Fsp3) is 0.833. The summed E-state index contributed by atoms with van der Waals surface area (Å²) >= 11 is 0. The summed E-state index contributed by atoms with van der Waals surface area (Å²) < 4.78 is 0. The maximum absolute atomic E-state index is 5.53. The lowest BCUT2D eigenvalue weighted by Crippen LogP contribution is -2.33. The molecule has 0 aromatic carbocycles. The Morgan fingerprint density at radius 3 is 2.23 bits per heavy atom. The molecule has 0 saturated heterocycles. The highest BCUT2D eigenvalue weighted by Crippen LogP contribution is 2.19. The van der Waals surface area contributed by atoms with Crippen molar-refractivity contribution in [3.63, 3.8) is 0 Å². The van der Waals surface area contributed by atoms with Gasteiger partial charge in [0.2, 0.25) is 0 Å². The topological polar surface area (TPSA) is 3.24 Å². The first-order valence-electron chi connectivity index (χ1n) is 5.29. The summed E-state index contributed by atoms with van der Waals surface area (Å²) in [7, 11) is 4.14. The molecule has 0 aliphatic heterocycles. The van der Waals surface area contributed by atoms with Gasteiger partial charge in [-0.15, -0.1) is 6.42 Å². The van der Waals surface area contributed by atoms with Gasteiger partial charge >= 0.3 is 0 Å². The van der Waals surface area contributed by atoms with E-state index in [1.165, 1.54) is 25.7 Å². The van der Waals surface area contributed by atoms with Crippen molar-refractivity contribution >= 4 is 0 Å². The molecule has 1 nitrogen and oxygen atoms in total. The Kier molecular flexibility index (Phi) is 6.72. The van der Waals surface area contributed by atoms with Crippen LogP contribution in [0.15, 0.2) is 0 Å². The zero-order chi connectivity index (χ0) is 10.3.